The summed E-state index contributed by atoms with van der Waals surface area (Å²) in [6.07, 6.45) is -0.0920. The largest absolute Gasteiger partial charge is 0.497 e. The van der Waals surface area contributed by atoms with Crippen LogP contribution in [0.4, 0.5) is 17.1 Å². The van der Waals surface area contributed by atoms with Crippen LogP contribution in [0.2, 0.25) is 0 Å². The van der Waals surface area contributed by atoms with Crippen LogP contribution in [0.3, 0.4) is 0 Å². The second-order valence-corrected chi connectivity index (χ2v) is 6.46. The lowest BCUT2D eigenvalue weighted by Crippen LogP contribution is -2.33. The van der Waals surface area contributed by atoms with Crippen molar-refractivity contribution < 1.29 is 23.9 Å². The predicted octanol–water partition coefficient (Wildman–Crippen LogP) is 2.11. The van der Waals surface area contributed by atoms with Gasteiger partial charge in [0.05, 0.1) is 13.5 Å². The standard InChI is InChI=1S/C21H23N5O5/c1-13(11-19(28)23-16-9-7-15(8-10-16)22-14(2)27)25-26-21(30)20(29)24-17-5-4-6-18(12-17)31-3/h4-10,12H,11H2,1-3H3,(H,22,27)(H,23,28)(H,24,29)(H,26,30)/b25-13-. The molecule has 4 amide bonds. The smallest absolute Gasteiger partial charge is 0.329 e. The molecule has 0 saturated heterocycles. The highest BCUT2D eigenvalue weighted by molar-refractivity contribution is 6.39. The Labute approximate surface area is 179 Å². The first-order valence-electron chi connectivity index (χ1n) is 9.23. The van der Waals surface area contributed by atoms with Crippen molar-refractivity contribution in [1.29, 1.82) is 0 Å². The van der Waals surface area contributed by atoms with E-state index in [2.05, 4.69) is 26.5 Å². The number of rotatable bonds is 7. The number of anilines is 3. The number of nitrogens with zero attached hydrogens (tertiary/aromatic N) is 1. The Bertz CT molecular complexity index is 1000. The van der Waals surface area contributed by atoms with Gasteiger partial charge >= 0.3 is 11.8 Å². The first-order chi connectivity index (χ1) is 14.8. The normalized spacial score (nSPS) is 10.6. The Morgan fingerprint density at radius 1 is 0.839 bits per heavy atom. The zero-order chi connectivity index (χ0) is 22.8. The minimum Gasteiger partial charge on any atom is -0.497 e. The number of hydrazone groups is 1. The highest BCUT2D eigenvalue weighted by atomic mass is 16.5. The summed E-state index contributed by atoms with van der Waals surface area (Å²) in [5.41, 5.74) is 3.95. The number of methoxy groups -OCH3 is 1. The van der Waals surface area contributed by atoms with Gasteiger partial charge in [0.1, 0.15) is 5.75 Å². The molecule has 0 saturated carbocycles. The van der Waals surface area contributed by atoms with Crippen molar-refractivity contribution in [2.75, 3.05) is 23.1 Å². The Hall–Kier alpha value is -4.21. The van der Waals surface area contributed by atoms with Gasteiger partial charge in [-0.3, -0.25) is 19.2 Å². The van der Waals surface area contributed by atoms with Crippen LogP contribution in [-0.4, -0.2) is 36.5 Å². The molecule has 0 atom stereocenters. The van der Waals surface area contributed by atoms with Crippen LogP contribution in [0.25, 0.3) is 0 Å². The Balaban J connectivity index is 1.82. The van der Waals surface area contributed by atoms with E-state index >= 15 is 0 Å². The van der Waals surface area contributed by atoms with Gasteiger partial charge in [-0.15, -0.1) is 0 Å². The fraction of sp³-hybridized carbons (Fsp3) is 0.190. The number of benzene rings is 2. The van der Waals surface area contributed by atoms with E-state index in [0.717, 1.165) is 0 Å². The zero-order valence-electron chi connectivity index (χ0n) is 17.3. The molecule has 0 heterocycles. The van der Waals surface area contributed by atoms with Crippen LogP contribution in [-0.2, 0) is 19.2 Å². The molecule has 0 aliphatic carbocycles. The fourth-order valence-electron chi connectivity index (χ4n) is 2.40. The summed E-state index contributed by atoms with van der Waals surface area (Å²) in [5, 5.41) is 11.5. The Morgan fingerprint density at radius 3 is 2.10 bits per heavy atom. The van der Waals surface area contributed by atoms with Crippen LogP contribution in [0.1, 0.15) is 20.3 Å². The van der Waals surface area contributed by atoms with Crippen LogP contribution >= 0.6 is 0 Å². The third-order valence-electron chi connectivity index (χ3n) is 3.79. The molecule has 2 aromatic rings. The SMILES string of the molecule is COc1cccc(NC(=O)C(=O)N/N=C(/C)CC(=O)Nc2ccc(NC(C)=O)cc2)c1. The summed E-state index contributed by atoms with van der Waals surface area (Å²) >= 11 is 0. The van der Waals surface area contributed by atoms with Gasteiger partial charge in [0, 0.05) is 35.8 Å². The van der Waals surface area contributed by atoms with Gasteiger partial charge in [0.25, 0.3) is 0 Å². The maximum Gasteiger partial charge on any atom is 0.329 e. The number of carbonyl (C=O) groups excluding carboxylic acids is 4. The van der Waals surface area contributed by atoms with Crippen LogP contribution in [0.15, 0.2) is 53.6 Å². The lowest BCUT2D eigenvalue weighted by Gasteiger charge is -2.08. The van der Waals surface area contributed by atoms with Gasteiger partial charge in [-0.2, -0.15) is 5.10 Å². The summed E-state index contributed by atoms with van der Waals surface area (Å²) in [6.45, 7) is 2.94. The van der Waals surface area contributed by atoms with Gasteiger partial charge in [-0.1, -0.05) is 6.07 Å². The summed E-state index contributed by atoms with van der Waals surface area (Å²) in [6, 6.07) is 13.1. The lowest BCUT2D eigenvalue weighted by molar-refractivity contribution is -0.136. The topological polar surface area (TPSA) is 138 Å². The van der Waals surface area contributed by atoms with E-state index in [1.807, 2.05) is 0 Å². The average molecular weight is 425 g/mol. The van der Waals surface area contributed by atoms with Crippen molar-refractivity contribution in [2.45, 2.75) is 20.3 Å². The average Bonchev–Trinajstić information content (AvgIpc) is 2.73. The fourth-order valence-corrected chi connectivity index (χ4v) is 2.40. The number of nitrogens with one attached hydrogen (secondary N) is 4. The van der Waals surface area contributed by atoms with Gasteiger partial charge in [-0.05, 0) is 43.3 Å². The molecule has 10 nitrogen and oxygen atoms in total. The highest BCUT2D eigenvalue weighted by Crippen LogP contribution is 2.16. The van der Waals surface area contributed by atoms with E-state index < -0.39 is 11.8 Å². The van der Waals surface area contributed by atoms with Gasteiger partial charge < -0.3 is 20.7 Å². The van der Waals surface area contributed by atoms with E-state index in [-0.39, 0.29) is 18.2 Å². The monoisotopic (exact) mass is 425 g/mol. The molecule has 10 heteroatoms. The number of amides is 4. The summed E-state index contributed by atoms with van der Waals surface area (Å²) in [5.74, 6) is -1.90. The van der Waals surface area contributed by atoms with Gasteiger partial charge in [0.2, 0.25) is 11.8 Å². The van der Waals surface area contributed by atoms with E-state index in [9.17, 15) is 19.2 Å². The first-order valence-corrected chi connectivity index (χ1v) is 9.23. The second kappa shape index (κ2) is 11.1. The van der Waals surface area contributed by atoms with Gasteiger partial charge in [-0.25, -0.2) is 5.43 Å². The third-order valence-corrected chi connectivity index (χ3v) is 3.79. The molecule has 4 N–H and O–H groups in total. The molecule has 162 valence electrons. The van der Waals surface area contributed by atoms with Crippen molar-refractivity contribution in [1.82, 2.24) is 5.43 Å². The maximum absolute atomic E-state index is 12.1. The zero-order valence-corrected chi connectivity index (χ0v) is 17.3. The number of ether oxygens (including phenoxy) is 1. The van der Waals surface area contributed by atoms with E-state index in [1.165, 1.54) is 14.0 Å². The molecule has 0 radical (unpaired) electrons. The molecular formula is C21H23N5O5. The molecule has 0 aromatic heterocycles. The summed E-state index contributed by atoms with van der Waals surface area (Å²) in [7, 11) is 1.49. The van der Waals surface area contributed by atoms with E-state index in [4.69, 9.17) is 4.74 Å². The van der Waals surface area contributed by atoms with Crippen molar-refractivity contribution in [2.24, 2.45) is 5.10 Å². The summed E-state index contributed by atoms with van der Waals surface area (Å²) in [4.78, 5) is 47.0. The van der Waals surface area contributed by atoms with E-state index in [1.54, 1.807) is 55.5 Å². The maximum atomic E-state index is 12.1. The molecule has 31 heavy (non-hydrogen) atoms. The minimum absolute atomic E-state index is 0.0920. The van der Waals surface area contributed by atoms with Crippen molar-refractivity contribution in [3.63, 3.8) is 0 Å². The molecule has 2 aromatic carbocycles. The molecule has 0 fully saturated rings. The van der Waals surface area contributed by atoms with Crippen LogP contribution in [0.5, 0.6) is 5.75 Å². The first kappa shape index (κ1) is 23.1. The minimum atomic E-state index is -0.976. The molecule has 0 aliphatic heterocycles. The van der Waals surface area contributed by atoms with Crippen LogP contribution in [0, 0.1) is 0 Å². The highest BCUT2D eigenvalue weighted by Gasteiger charge is 2.14. The molecular weight excluding hydrogens is 402 g/mol. The Morgan fingerprint density at radius 2 is 1.48 bits per heavy atom. The molecule has 0 unspecified atom stereocenters. The van der Waals surface area contributed by atoms with Gasteiger partial charge in [0.15, 0.2) is 0 Å². The number of hydrogen-bond acceptors (Lipinski definition) is 6. The quantitative estimate of drug-likeness (QED) is 0.306. The van der Waals surface area contributed by atoms with Crippen molar-refractivity contribution >= 4 is 46.4 Å². The lowest BCUT2D eigenvalue weighted by atomic mass is 10.2. The molecule has 2 rings (SSSR count). The second-order valence-electron chi connectivity index (χ2n) is 6.46. The number of hydrogen-bond donors (Lipinski definition) is 4. The predicted molar refractivity (Wildman–Crippen MR) is 117 cm³/mol. The molecule has 0 bridgehead atoms. The van der Waals surface area contributed by atoms with E-state index in [0.29, 0.717) is 28.5 Å². The molecule has 0 aliphatic rings. The van der Waals surface area contributed by atoms with Crippen LogP contribution < -0.4 is 26.1 Å². The van der Waals surface area contributed by atoms with Crippen molar-refractivity contribution in [3.05, 3.63) is 48.5 Å². The number of carbonyl (C=O) groups is 4. The molecule has 0 spiro atoms. The third kappa shape index (κ3) is 7.97. The summed E-state index contributed by atoms with van der Waals surface area (Å²) < 4.78 is 5.05. The van der Waals surface area contributed by atoms with Crippen molar-refractivity contribution in [3.8, 4) is 5.75 Å². The Kier molecular flexibility index (Phi) is 8.26.